The summed E-state index contributed by atoms with van der Waals surface area (Å²) in [4.78, 5) is 81.2. The third-order valence-corrected chi connectivity index (χ3v) is 9.47. The highest BCUT2D eigenvalue weighted by atomic mass is 16.4. The molecular formula is C45H62N6O7. The Bertz CT molecular complexity index is 1770. The zero-order valence-electron chi connectivity index (χ0n) is 34.6. The molecule has 0 aliphatic rings. The summed E-state index contributed by atoms with van der Waals surface area (Å²) in [6.07, 6.45) is 1.09. The Labute approximate surface area is 342 Å². The average molecular weight is 799 g/mol. The van der Waals surface area contributed by atoms with Gasteiger partial charge in [-0.1, -0.05) is 133 Å². The molecule has 3 aromatic rings. The van der Waals surface area contributed by atoms with Gasteiger partial charge in [0.15, 0.2) is 0 Å². The largest absolute Gasteiger partial charge is 0.480 e. The van der Waals surface area contributed by atoms with Gasteiger partial charge >= 0.3 is 5.97 Å². The second kappa shape index (κ2) is 23.6. The summed E-state index contributed by atoms with van der Waals surface area (Å²) in [7, 11) is 0. The lowest BCUT2D eigenvalue weighted by Crippen LogP contribution is -2.60. The second-order valence-electron chi connectivity index (χ2n) is 16.2. The van der Waals surface area contributed by atoms with Gasteiger partial charge in [0.05, 0.1) is 6.04 Å². The molecule has 0 heterocycles. The minimum atomic E-state index is -1.18. The van der Waals surface area contributed by atoms with Gasteiger partial charge in [-0.25, -0.2) is 4.79 Å². The van der Waals surface area contributed by atoms with Crippen LogP contribution in [0.25, 0.3) is 0 Å². The van der Waals surface area contributed by atoms with Gasteiger partial charge in [0.2, 0.25) is 29.5 Å². The number of hydrogen-bond donors (Lipinski definition) is 7. The van der Waals surface area contributed by atoms with Crippen LogP contribution >= 0.6 is 0 Å². The molecule has 0 saturated carbocycles. The third kappa shape index (κ3) is 16.5. The van der Waals surface area contributed by atoms with E-state index in [-0.39, 0.29) is 56.3 Å². The van der Waals surface area contributed by atoms with E-state index in [2.05, 4.69) is 26.6 Å². The standard InChI is InChI=1S/C45H62N6O7/c1-28(2)22-35(49-43(55)37(26-32-18-12-8-13-19-32)47-40(52)34(46)25-31-16-10-7-11-17-31)41(53)48-36(23-29(3)4)42(54)50-38(27-33-20-14-9-15-21-33)44(56)51-39(45(57)58)24-30(5)6/h7-21,28-30,34-39H,22-27,46H2,1-6H3,(H,47,52)(H,48,53)(H,49,55)(H,50,54)(H,51,56)(H,57,58)/t34-,35-,36-,37-,38-,39-/m0/s1. The van der Waals surface area contributed by atoms with Crippen LogP contribution in [-0.4, -0.2) is 76.9 Å². The number of aliphatic carboxylic acids is 1. The number of rotatable bonds is 23. The van der Waals surface area contributed by atoms with Crippen molar-refractivity contribution in [3.63, 3.8) is 0 Å². The topological polar surface area (TPSA) is 209 Å². The summed E-state index contributed by atoms with van der Waals surface area (Å²) in [5.74, 6) is -4.35. The van der Waals surface area contributed by atoms with Crippen LogP contribution in [0, 0.1) is 17.8 Å². The number of carbonyl (C=O) groups is 6. The molecule has 3 aromatic carbocycles. The van der Waals surface area contributed by atoms with Crippen molar-refractivity contribution in [1.29, 1.82) is 0 Å². The first-order valence-corrected chi connectivity index (χ1v) is 20.1. The molecule has 0 aliphatic heterocycles. The van der Waals surface area contributed by atoms with Gasteiger partial charge in [0.25, 0.3) is 0 Å². The molecule has 0 aromatic heterocycles. The Morgan fingerprint density at radius 1 is 0.431 bits per heavy atom. The maximum absolute atomic E-state index is 14.1. The zero-order valence-corrected chi connectivity index (χ0v) is 34.6. The van der Waals surface area contributed by atoms with E-state index in [1.165, 1.54) is 0 Å². The first-order chi connectivity index (χ1) is 27.5. The monoisotopic (exact) mass is 798 g/mol. The molecule has 58 heavy (non-hydrogen) atoms. The van der Waals surface area contributed by atoms with Gasteiger partial charge in [-0.2, -0.15) is 0 Å². The molecule has 5 amide bonds. The quantitative estimate of drug-likeness (QED) is 0.0751. The van der Waals surface area contributed by atoms with Crippen molar-refractivity contribution in [1.82, 2.24) is 26.6 Å². The fourth-order valence-electron chi connectivity index (χ4n) is 6.55. The van der Waals surface area contributed by atoms with Gasteiger partial charge in [-0.05, 0) is 60.1 Å². The summed E-state index contributed by atoms with van der Waals surface area (Å²) in [5.41, 5.74) is 8.67. The number of carbonyl (C=O) groups excluding carboxylic acids is 5. The Morgan fingerprint density at radius 2 is 0.707 bits per heavy atom. The number of nitrogens with two attached hydrogens (primary N) is 1. The Kier molecular flexibility index (Phi) is 19.1. The maximum atomic E-state index is 14.1. The molecule has 0 bridgehead atoms. The molecule has 13 heteroatoms. The van der Waals surface area contributed by atoms with E-state index in [1.54, 1.807) is 24.3 Å². The maximum Gasteiger partial charge on any atom is 0.326 e. The first kappa shape index (κ1) is 46.8. The van der Waals surface area contributed by atoms with E-state index >= 15 is 0 Å². The van der Waals surface area contributed by atoms with Crippen LogP contribution < -0.4 is 32.3 Å². The third-order valence-electron chi connectivity index (χ3n) is 9.47. The summed E-state index contributed by atoms with van der Waals surface area (Å²) >= 11 is 0. The van der Waals surface area contributed by atoms with Crippen LogP contribution in [0.5, 0.6) is 0 Å². The fourth-order valence-corrected chi connectivity index (χ4v) is 6.55. The predicted octanol–water partition coefficient (Wildman–Crippen LogP) is 3.69. The number of nitrogens with one attached hydrogen (secondary N) is 5. The predicted molar refractivity (Wildman–Crippen MR) is 224 cm³/mol. The van der Waals surface area contributed by atoms with Gasteiger partial charge in [-0.3, -0.25) is 24.0 Å². The smallest absolute Gasteiger partial charge is 0.326 e. The minimum absolute atomic E-state index is 0.0180. The van der Waals surface area contributed by atoms with Crippen molar-refractivity contribution in [3.8, 4) is 0 Å². The SMILES string of the molecule is CC(C)C[C@H](NC(=O)[C@H](Cc1ccccc1)NC(=O)[C@H](CC(C)C)NC(=O)[C@H](CC(C)C)NC(=O)[C@H](Cc1ccccc1)NC(=O)[C@@H](N)Cc1ccccc1)C(=O)O. The summed E-state index contributed by atoms with van der Waals surface area (Å²) in [6, 6.07) is 21.0. The van der Waals surface area contributed by atoms with E-state index in [0.29, 0.717) is 0 Å². The highest BCUT2D eigenvalue weighted by molar-refractivity contribution is 5.96. The molecule has 0 unspecified atom stereocenters. The Hall–Kier alpha value is -5.56. The van der Waals surface area contributed by atoms with Crippen molar-refractivity contribution in [2.24, 2.45) is 23.5 Å². The van der Waals surface area contributed by atoms with Gasteiger partial charge in [0.1, 0.15) is 30.2 Å². The lowest BCUT2D eigenvalue weighted by atomic mass is 9.98. The molecule has 3 rings (SSSR count). The van der Waals surface area contributed by atoms with E-state index < -0.39 is 71.8 Å². The summed E-state index contributed by atoms with van der Waals surface area (Å²) < 4.78 is 0. The van der Waals surface area contributed by atoms with Crippen molar-refractivity contribution >= 4 is 35.5 Å². The molecule has 8 N–H and O–H groups in total. The van der Waals surface area contributed by atoms with Crippen LogP contribution in [0.2, 0.25) is 0 Å². The molecule has 0 fully saturated rings. The number of amides is 5. The Balaban J connectivity index is 1.84. The number of carboxylic acids is 1. The minimum Gasteiger partial charge on any atom is -0.480 e. The molecule has 314 valence electrons. The lowest BCUT2D eigenvalue weighted by molar-refractivity contribution is -0.142. The molecule has 0 aliphatic carbocycles. The second-order valence-corrected chi connectivity index (χ2v) is 16.2. The van der Waals surface area contributed by atoms with Gasteiger partial charge in [0, 0.05) is 12.8 Å². The van der Waals surface area contributed by atoms with E-state index in [4.69, 9.17) is 5.73 Å². The summed E-state index contributed by atoms with van der Waals surface area (Å²) in [5, 5.41) is 23.7. The Morgan fingerprint density at radius 3 is 1.05 bits per heavy atom. The van der Waals surface area contributed by atoms with Crippen molar-refractivity contribution in [2.45, 2.75) is 116 Å². The van der Waals surface area contributed by atoms with Gasteiger partial charge < -0.3 is 37.4 Å². The molecule has 0 spiro atoms. The molecule has 0 radical (unpaired) electrons. The highest BCUT2D eigenvalue weighted by Gasteiger charge is 2.34. The van der Waals surface area contributed by atoms with Crippen LogP contribution in [0.15, 0.2) is 91.0 Å². The zero-order chi connectivity index (χ0) is 42.8. The molecule has 0 saturated heterocycles. The van der Waals surface area contributed by atoms with E-state index in [9.17, 15) is 33.9 Å². The van der Waals surface area contributed by atoms with Crippen LogP contribution in [0.1, 0.15) is 77.5 Å². The fraction of sp³-hybridized carbons (Fsp3) is 0.467. The van der Waals surface area contributed by atoms with Crippen LogP contribution in [0.4, 0.5) is 0 Å². The average Bonchev–Trinajstić information content (AvgIpc) is 3.17. The first-order valence-electron chi connectivity index (χ1n) is 20.1. The molecule has 13 nitrogen and oxygen atoms in total. The van der Waals surface area contributed by atoms with Crippen molar-refractivity contribution in [2.75, 3.05) is 0 Å². The van der Waals surface area contributed by atoms with E-state index in [0.717, 1.165) is 16.7 Å². The van der Waals surface area contributed by atoms with Gasteiger partial charge in [-0.15, -0.1) is 0 Å². The van der Waals surface area contributed by atoms with Crippen molar-refractivity contribution < 1.29 is 33.9 Å². The van der Waals surface area contributed by atoms with Crippen LogP contribution in [0.3, 0.4) is 0 Å². The number of carboxylic acid groups (broad SMARTS) is 1. The number of hydrogen-bond acceptors (Lipinski definition) is 7. The normalized spacial score (nSPS) is 14.4. The van der Waals surface area contributed by atoms with E-state index in [1.807, 2.05) is 108 Å². The highest BCUT2D eigenvalue weighted by Crippen LogP contribution is 2.13. The van der Waals surface area contributed by atoms with Crippen LogP contribution in [-0.2, 0) is 48.0 Å². The lowest BCUT2D eigenvalue weighted by Gasteiger charge is -2.28. The summed E-state index contributed by atoms with van der Waals surface area (Å²) in [6.45, 7) is 11.3. The van der Waals surface area contributed by atoms with Crippen molar-refractivity contribution in [3.05, 3.63) is 108 Å². The molecule has 6 atom stereocenters. The molecular weight excluding hydrogens is 737 g/mol. The number of benzene rings is 3.